The van der Waals surface area contributed by atoms with E-state index in [1.54, 1.807) is 12.3 Å². The highest BCUT2D eigenvalue weighted by Gasteiger charge is 2.16. The summed E-state index contributed by atoms with van der Waals surface area (Å²) in [4.78, 5) is 0.349. The van der Waals surface area contributed by atoms with Crippen LogP contribution in [0.5, 0.6) is 0 Å². The monoisotopic (exact) mass is 333 g/mol. The second-order valence-corrected chi connectivity index (χ2v) is 7.76. The Morgan fingerprint density at radius 3 is 2.71 bits per heavy atom. The first-order valence-corrected chi connectivity index (χ1v) is 10.2. The molecule has 0 amide bonds. The molecule has 1 heterocycles. The number of sulfonamides is 1. The van der Waals surface area contributed by atoms with E-state index in [0.717, 1.165) is 37.3 Å². The molecular formula is C14H27N3O2S2. The minimum absolute atomic E-state index is 0.349. The summed E-state index contributed by atoms with van der Waals surface area (Å²) in [5.74, 6) is 1.14. The van der Waals surface area contributed by atoms with Crippen LogP contribution >= 0.6 is 11.8 Å². The lowest BCUT2D eigenvalue weighted by molar-refractivity contribution is 0.576. The van der Waals surface area contributed by atoms with Crippen molar-refractivity contribution in [3.8, 4) is 0 Å². The van der Waals surface area contributed by atoms with Gasteiger partial charge in [-0.15, -0.1) is 0 Å². The summed E-state index contributed by atoms with van der Waals surface area (Å²) >= 11 is 1.83. The van der Waals surface area contributed by atoms with E-state index in [9.17, 15) is 8.42 Å². The molecule has 5 nitrogen and oxygen atoms in total. The molecule has 0 aliphatic carbocycles. The van der Waals surface area contributed by atoms with Gasteiger partial charge in [0.2, 0.25) is 10.0 Å². The fraction of sp³-hybridized carbons (Fsp3) is 0.714. The number of aromatic nitrogens is 1. The third-order valence-electron chi connectivity index (χ3n) is 3.27. The first-order chi connectivity index (χ1) is 10.0. The molecule has 1 aromatic heterocycles. The number of rotatable bonds is 11. The summed E-state index contributed by atoms with van der Waals surface area (Å²) in [5.41, 5.74) is 0.970. The maximum Gasteiger partial charge on any atom is 0.242 e. The predicted octanol–water partition coefficient (Wildman–Crippen LogP) is 1.95. The number of nitrogens with zero attached hydrogens (tertiary/aromatic N) is 1. The minimum atomic E-state index is -3.38. The number of hydrogen-bond acceptors (Lipinski definition) is 4. The van der Waals surface area contributed by atoms with Gasteiger partial charge >= 0.3 is 0 Å². The van der Waals surface area contributed by atoms with Crippen LogP contribution in [-0.2, 0) is 23.6 Å². The number of thioether (sulfide) groups is 1. The third kappa shape index (κ3) is 6.42. The van der Waals surface area contributed by atoms with Gasteiger partial charge in [0, 0.05) is 32.0 Å². The second kappa shape index (κ2) is 9.50. The van der Waals surface area contributed by atoms with Gasteiger partial charge < -0.3 is 9.88 Å². The van der Waals surface area contributed by atoms with Crippen LogP contribution in [0.2, 0.25) is 0 Å². The molecule has 0 atom stereocenters. The van der Waals surface area contributed by atoms with Crippen LogP contribution in [0.1, 0.15) is 31.9 Å². The quantitative estimate of drug-likeness (QED) is 0.608. The Bertz CT molecular complexity index is 512. The van der Waals surface area contributed by atoms with Gasteiger partial charge in [0.25, 0.3) is 0 Å². The topological polar surface area (TPSA) is 63.1 Å². The van der Waals surface area contributed by atoms with E-state index in [2.05, 4.69) is 16.3 Å². The lowest BCUT2D eigenvalue weighted by Crippen LogP contribution is -2.24. The van der Waals surface area contributed by atoms with Crippen LogP contribution < -0.4 is 10.0 Å². The van der Waals surface area contributed by atoms with E-state index in [1.807, 2.05) is 30.3 Å². The molecule has 0 saturated carbocycles. The molecule has 1 rings (SSSR count). The molecule has 0 aliphatic rings. The number of aryl methyl sites for hydroxylation is 1. The lowest BCUT2D eigenvalue weighted by atomic mass is 10.2. The largest absolute Gasteiger partial charge is 0.352 e. The molecule has 1 aromatic rings. The Morgan fingerprint density at radius 2 is 2.05 bits per heavy atom. The van der Waals surface area contributed by atoms with E-state index >= 15 is 0 Å². The van der Waals surface area contributed by atoms with E-state index in [1.165, 1.54) is 0 Å². The molecular weight excluding hydrogens is 306 g/mol. The van der Waals surface area contributed by atoms with Crippen LogP contribution in [0.4, 0.5) is 0 Å². The fourth-order valence-electron chi connectivity index (χ4n) is 1.99. The molecule has 7 heteroatoms. The molecule has 0 saturated heterocycles. The molecule has 0 unspecified atom stereocenters. The Hall–Kier alpha value is -0.500. The summed E-state index contributed by atoms with van der Waals surface area (Å²) in [5, 5.41) is 3.20. The standard InChI is InChI=1S/C14H27N3O2S2/c1-4-15-11-13-10-14(12-17(13)2)21(18,19)16-8-6-5-7-9-20-3/h10,12,15-16H,4-9,11H2,1-3H3. The SMILES string of the molecule is CCNCc1cc(S(=O)(=O)NCCCCCSC)cn1C. The van der Waals surface area contributed by atoms with Gasteiger partial charge in [-0.2, -0.15) is 11.8 Å². The van der Waals surface area contributed by atoms with Gasteiger partial charge in [-0.1, -0.05) is 13.3 Å². The molecule has 21 heavy (non-hydrogen) atoms. The first kappa shape index (κ1) is 18.5. The van der Waals surface area contributed by atoms with Crippen molar-refractivity contribution < 1.29 is 8.42 Å². The van der Waals surface area contributed by atoms with Crippen LogP contribution in [0, 0.1) is 0 Å². The van der Waals surface area contributed by atoms with Gasteiger partial charge in [-0.25, -0.2) is 13.1 Å². The Kier molecular flexibility index (Phi) is 8.39. The van der Waals surface area contributed by atoms with Crippen molar-refractivity contribution >= 4 is 21.8 Å². The molecule has 0 aromatic carbocycles. The summed E-state index contributed by atoms with van der Waals surface area (Å²) in [6.07, 6.45) is 6.84. The Morgan fingerprint density at radius 1 is 1.29 bits per heavy atom. The average Bonchev–Trinajstić information content (AvgIpc) is 2.82. The van der Waals surface area contributed by atoms with Crippen molar-refractivity contribution in [3.05, 3.63) is 18.0 Å². The third-order valence-corrected chi connectivity index (χ3v) is 5.39. The van der Waals surface area contributed by atoms with Gasteiger partial charge in [-0.05, 0) is 37.5 Å². The summed E-state index contributed by atoms with van der Waals surface area (Å²) < 4.78 is 29.0. The van der Waals surface area contributed by atoms with E-state index in [0.29, 0.717) is 18.0 Å². The maximum atomic E-state index is 12.2. The van der Waals surface area contributed by atoms with E-state index in [-0.39, 0.29) is 0 Å². The number of hydrogen-bond donors (Lipinski definition) is 2. The number of nitrogens with one attached hydrogen (secondary N) is 2. The van der Waals surface area contributed by atoms with Gasteiger partial charge in [0.1, 0.15) is 0 Å². The van der Waals surface area contributed by atoms with Crippen molar-refractivity contribution in [3.63, 3.8) is 0 Å². The van der Waals surface area contributed by atoms with Gasteiger partial charge in [0.15, 0.2) is 0 Å². The predicted molar refractivity (Wildman–Crippen MR) is 90.2 cm³/mol. The zero-order valence-corrected chi connectivity index (χ0v) is 14.8. The summed E-state index contributed by atoms with van der Waals surface area (Å²) in [6, 6.07) is 1.73. The second-order valence-electron chi connectivity index (χ2n) is 5.01. The minimum Gasteiger partial charge on any atom is -0.352 e. The van der Waals surface area contributed by atoms with Crippen molar-refractivity contribution in [2.24, 2.45) is 7.05 Å². The van der Waals surface area contributed by atoms with Crippen molar-refractivity contribution in [1.29, 1.82) is 0 Å². The molecule has 0 fully saturated rings. The van der Waals surface area contributed by atoms with Crippen LogP contribution in [-0.4, -0.2) is 38.1 Å². The zero-order valence-electron chi connectivity index (χ0n) is 13.2. The van der Waals surface area contributed by atoms with Crippen LogP contribution in [0.3, 0.4) is 0 Å². The molecule has 0 spiro atoms. The van der Waals surface area contributed by atoms with Crippen molar-refractivity contribution in [2.45, 2.75) is 37.6 Å². The number of unbranched alkanes of at least 4 members (excludes halogenated alkanes) is 2. The first-order valence-electron chi connectivity index (χ1n) is 7.35. The molecule has 0 bridgehead atoms. The molecule has 2 N–H and O–H groups in total. The summed E-state index contributed by atoms with van der Waals surface area (Å²) in [7, 11) is -1.51. The van der Waals surface area contributed by atoms with Crippen LogP contribution in [0.15, 0.2) is 17.2 Å². The highest BCUT2D eigenvalue weighted by molar-refractivity contribution is 7.98. The fourth-order valence-corrected chi connectivity index (χ4v) is 3.65. The highest BCUT2D eigenvalue weighted by atomic mass is 32.2. The van der Waals surface area contributed by atoms with Crippen LogP contribution in [0.25, 0.3) is 0 Å². The van der Waals surface area contributed by atoms with Crippen molar-refractivity contribution in [2.75, 3.05) is 25.1 Å². The maximum absolute atomic E-state index is 12.2. The van der Waals surface area contributed by atoms with Gasteiger partial charge in [-0.3, -0.25) is 0 Å². The molecule has 0 radical (unpaired) electrons. The molecule has 122 valence electrons. The smallest absolute Gasteiger partial charge is 0.242 e. The summed E-state index contributed by atoms with van der Waals surface area (Å²) in [6.45, 7) is 4.08. The Balaban J connectivity index is 2.50. The molecule has 0 aliphatic heterocycles. The highest BCUT2D eigenvalue weighted by Crippen LogP contribution is 2.13. The van der Waals surface area contributed by atoms with Gasteiger partial charge in [0.05, 0.1) is 4.90 Å². The van der Waals surface area contributed by atoms with E-state index in [4.69, 9.17) is 0 Å². The Labute approximate surface area is 132 Å². The zero-order chi connectivity index (χ0) is 15.7. The van der Waals surface area contributed by atoms with E-state index < -0.39 is 10.0 Å². The van der Waals surface area contributed by atoms with Crippen molar-refractivity contribution in [1.82, 2.24) is 14.6 Å². The normalized spacial score (nSPS) is 12.0. The lowest BCUT2D eigenvalue weighted by Gasteiger charge is -2.04. The average molecular weight is 334 g/mol.